The van der Waals surface area contributed by atoms with Crippen molar-refractivity contribution in [2.24, 2.45) is 10.2 Å². The summed E-state index contributed by atoms with van der Waals surface area (Å²) in [6, 6.07) is 7.06. The molecule has 0 aliphatic rings. The van der Waals surface area contributed by atoms with E-state index < -0.39 is 0 Å². The summed E-state index contributed by atoms with van der Waals surface area (Å²) in [6.07, 6.45) is 0.132. The van der Waals surface area contributed by atoms with Crippen LogP contribution in [0.4, 0.5) is 0 Å². The van der Waals surface area contributed by atoms with Crippen molar-refractivity contribution in [3.63, 3.8) is 0 Å². The molecule has 7 heteroatoms. The highest BCUT2D eigenvalue weighted by Crippen LogP contribution is 2.14. The van der Waals surface area contributed by atoms with Gasteiger partial charge >= 0.3 is 0 Å². The van der Waals surface area contributed by atoms with Gasteiger partial charge in [0.2, 0.25) is 11.9 Å². The minimum absolute atomic E-state index is 0. The van der Waals surface area contributed by atoms with E-state index in [1.165, 1.54) is 0 Å². The first-order chi connectivity index (χ1) is 7.13. The average molecular weight is 283 g/mol. The van der Waals surface area contributed by atoms with Crippen molar-refractivity contribution < 1.29 is 4.79 Å². The molecule has 1 aromatic carbocycles. The molecule has 0 unspecified atom stereocenters. The first-order valence-electron chi connectivity index (χ1n) is 4.11. The lowest BCUT2D eigenvalue weighted by atomic mass is 10.1. The lowest BCUT2D eigenvalue weighted by molar-refractivity contribution is -0.119. The number of nitrogens with two attached hydrogens (primary N) is 1. The number of benzene rings is 1. The van der Waals surface area contributed by atoms with Crippen molar-refractivity contribution >= 4 is 47.7 Å². The van der Waals surface area contributed by atoms with E-state index in [-0.39, 0.29) is 30.7 Å². The molecular weight excluding hydrogens is 272 g/mol. The van der Waals surface area contributed by atoms with Crippen molar-refractivity contribution in [3.8, 4) is 0 Å². The Kier molecular flexibility index (Phi) is 6.88. The fraction of sp³-hybridized carbons (Fsp3) is 0.111. The average Bonchev–Trinajstić information content (AvgIpc) is 2.21. The lowest BCUT2D eigenvalue weighted by Crippen LogP contribution is -2.37. The largest absolute Gasteiger partial charge is 0.369 e. The Hall–Kier alpha value is -0.970. The summed E-state index contributed by atoms with van der Waals surface area (Å²) in [6.45, 7) is 0. The SMILES string of the molecule is Cl.NC(=NCl)NC(=O)Cc1ccccc1Cl. The maximum Gasteiger partial charge on any atom is 0.231 e. The minimum Gasteiger partial charge on any atom is -0.369 e. The summed E-state index contributed by atoms with van der Waals surface area (Å²) in [5.74, 6) is -0.446. The van der Waals surface area contributed by atoms with Crippen LogP contribution in [0.15, 0.2) is 28.8 Å². The molecule has 0 atom stereocenters. The molecule has 4 nitrogen and oxygen atoms in total. The van der Waals surface area contributed by atoms with Crippen LogP contribution < -0.4 is 11.1 Å². The van der Waals surface area contributed by atoms with E-state index in [0.717, 1.165) is 5.56 Å². The molecule has 1 aromatic rings. The highest BCUT2D eigenvalue weighted by atomic mass is 35.5. The molecule has 0 saturated carbocycles. The Labute approximate surface area is 109 Å². The third kappa shape index (κ3) is 4.70. The van der Waals surface area contributed by atoms with E-state index in [1.54, 1.807) is 24.3 Å². The second-order valence-electron chi connectivity index (χ2n) is 2.79. The van der Waals surface area contributed by atoms with Crippen molar-refractivity contribution in [3.05, 3.63) is 34.9 Å². The van der Waals surface area contributed by atoms with E-state index in [0.29, 0.717) is 5.02 Å². The number of hydrogen-bond acceptors (Lipinski definition) is 2. The molecule has 0 heterocycles. The monoisotopic (exact) mass is 281 g/mol. The Bertz CT molecular complexity index is 395. The normalized spacial score (nSPS) is 10.5. The molecule has 0 aliphatic heterocycles. The van der Waals surface area contributed by atoms with Crippen molar-refractivity contribution in [2.75, 3.05) is 0 Å². The van der Waals surface area contributed by atoms with Gasteiger partial charge in [-0.1, -0.05) is 29.8 Å². The van der Waals surface area contributed by atoms with Crippen molar-refractivity contribution in [2.45, 2.75) is 6.42 Å². The highest BCUT2D eigenvalue weighted by molar-refractivity contribution is 6.31. The van der Waals surface area contributed by atoms with Gasteiger partial charge in [0.1, 0.15) is 0 Å². The predicted molar refractivity (Wildman–Crippen MR) is 68.0 cm³/mol. The van der Waals surface area contributed by atoms with Crippen LogP contribution in [0.3, 0.4) is 0 Å². The number of carbonyl (C=O) groups is 1. The van der Waals surface area contributed by atoms with Crippen LogP contribution >= 0.6 is 35.8 Å². The number of carbonyl (C=O) groups excluding carboxylic acids is 1. The number of amides is 1. The van der Waals surface area contributed by atoms with Crippen molar-refractivity contribution in [1.29, 1.82) is 0 Å². The van der Waals surface area contributed by atoms with Gasteiger partial charge in [-0.05, 0) is 11.6 Å². The van der Waals surface area contributed by atoms with Gasteiger partial charge in [0.25, 0.3) is 0 Å². The molecule has 88 valence electrons. The standard InChI is InChI=1S/C9H9Cl2N3O.ClH/c10-7-4-2-1-3-6(7)5-8(15)13-9(12)14-11;/h1-4H,5H2,(H3,12,13,14,15);1H. The van der Waals surface area contributed by atoms with Gasteiger partial charge < -0.3 is 5.73 Å². The molecule has 0 saturated heterocycles. The summed E-state index contributed by atoms with van der Waals surface area (Å²) in [7, 11) is 0. The summed E-state index contributed by atoms with van der Waals surface area (Å²) < 4.78 is 3.09. The van der Waals surface area contributed by atoms with Gasteiger partial charge in [0.05, 0.1) is 6.42 Å². The number of nitrogens with zero attached hydrogens (tertiary/aromatic N) is 1. The number of guanidine groups is 1. The van der Waals surface area contributed by atoms with Crippen LogP contribution in [0.1, 0.15) is 5.56 Å². The molecule has 0 spiro atoms. The van der Waals surface area contributed by atoms with Gasteiger partial charge in [0, 0.05) is 16.8 Å². The van der Waals surface area contributed by atoms with E-state index in [4.69, 9.17) is 29.1 Å². The van der Waals surface area contributed by atoms with E-state index in [2.05, 4.69) is 9.83 Å². The van der Waals surface area contributed by atoms with Crippen LogP contribution in [0.5, 0.6) is 0 Å². The molecule has 0 fully saturated rings. The molecule has 3 N–H and O–H groups in total. The van der Waals surface area contributed by atoms with E-state index in [9.17, 15) is 4.79 Å². The fourth-order valence-corrected chi connectivity index (χ4v) is 1.27. The summed E-state index contributed by atoms with van der Waals surface area (Å²) in [5.41, 5.74) is 5.94. The Morgan fingerprint density at radius 1 is 1.44 bits per heavy atom. The van der Waals surface area contributed by atoms with Gasteiger partial charge in [-0.3, -0.25) is 10.1 Å². The van der Waals surface area contributed by atoms with Gasteiger partial charge in [0.15, 0.2) is 0 Å². The summed E-state index contributed by atoms with van der Waals surface area (Å²) in [5, 5.41) is 2.84. The fourth-order valence-electron chi connectivity index (χ4n) is 1.02. The number of rotatable bonds is 2. The molecule has 0 bridgehead atoms. The zero-order valence-corrected chi connectivity index (χ0v) is 10.4. The third-order valence-corrected chi connectivity index (χ3v) is 2.22. The lowest BCUT2D eigenvalue weighted by Gasteiger charge is -2.04. The second kappa shape index (κ2) is 7.33. The maximum absolute atomic E-state index is 11.3. The Morgan fingerprint density at radius 3 is 2.62 bits per heavy atom. The second-order valence-corrected chi connectivity index (χ2v) is 3.36. The zero-order chi connectivity index (χ0) is 11.3. The van der Waals surface area contributed by atoms with Crippen molar-refractivity contribution in [1.82, 2.24) is 5.32 Å². The first kappa shape index (κ1) is 15.0. The molecule has 0 aromatic heterocycles. The quantitative estimate of drug-likeness (QED) is 0.642. The zero-order valence-electron chi connectivity index (χ0n) is 8.11. The molecule has 16 heavy (non-hydrogen) atoms. The number of nitrogens with one attached hydrogen (secondary N) is 1. The van der Waals surface area contributed by atoms with Crippen LogP contribution in [0.2, 0.25) is 5.02 Å². The highest BCUT2D eigenvalue weighted by Gasteiger charge is 2.07. The summed E-state index contributed by atoms with van der Waals surface area (Å²) >= 11 is 10.9. The smallest absolute Gasteiger partial charge is 0.231 e. The molecule has 1 rings (SSSR count). The third-order valence-electron chi connectivity index (χ3n) is 1.67. The van der Waals surface area contributed by atoms with Gasteiger partial charge in [-0.2, -0.15) is 0 Å². The molecule has 1 amide bonds. The molecule has 0 radical (unpaired) electrons. The number of hydrogen-bond donors (Lipinski definition) is 2. The van der Waals surface area contributed by atoms with E-state index >= 15 is 0 Å². The Morgan fingerprint density at radius 2 is 2.06 bits per heavy atom. The predicted octanol–water partition coefficient (Wildman–Crippen LogP) is 1.89. The van der Waals surface area contributed by atoms with Gasteiger partial charge in [-0.25, -0.2) is 0 Å². The van der Waals surface area contributed by atoms with Crippen LogP contribution in [-0.4, -0.2) is 11.9 Å². The minimum atomic E-state index is -0.315. The van der Waals surface area contributed by atoms with E-state index in [1.807, 2.05) is 0 Å². The topological polar surface area (TPSA) is 67.5 Å². The molecular formula is C9H10Cl3N3O. The van der Waals surface area contributed by atoms with Crippen LogP contribution in [0.25, 0.3) is 0 Å². The maximum atomic E-state index is 11.3. The summed E-state index contributed by atoms with van der Waals surface area (Å²) in [4.78, 5) is 11.3. The van der Waals surface area contributed by atoms with Crippen LogP contribution in [0, 0.1) is 0 Å². The van der Waals surface area contributed by atoms with Crippen LogP contribution in [-0.2, 0) is 11.2 Å². The number of halogens is 3. The Balaban J connectivity index is 0.00000225. The first-order valence-corrected chi connectivity index (χ1v) is 4.82. The molecule has 0 aliphatic carbocycles. The van der Waals surface area contributed by atoms with Gasteiger partial charge in [-0.15, -0.1) is 16.9 Å².